The molecule has 0 saturated heterocycles. The van der Waals surface area contributed by atoms with Gasteiger partial charge in [-0.3, -0.25) is 4.79 Å². The van der Waals surface area contributed by atoms with Gasteiger partial charge in [0.05, 0.1) is 24.2 Å². The lowest BCUT2D eigenvalue weighted by atomic mass is 9.87. The molecule has 0 atom stereocenters. The van der Waals surface area contributed by atoms with Gasteiger partial charge in [-0.25, -0.2) is 4.68 Å². The monoisotopic (exact) mass is 377 g/mol. The lowest BCUT2D eigenvalue weighted by molar-refractivity contribution is 0.102. The van der Waals surface area contributed by atoms with E-state index in [0.29, 0.717) is 17.0 Å². The Balaban J connectivity index is 1.84. The van der Waals surface area contributed by atoms with E-state index in [0.717, 1.165) is 22.6 Å². The number of nitrogens with zero attached hydrogens (tertiary/aromatic N) is 2. The van der Waals surface area contributed by atoms with Crippen LogP contribution in [0.3, 0.4) is 0 Å². The summed E-state index contributed by atoms with van der Waals surface area (Å²) in [5, 5.41) is 7.46. The zero-order valence-electron chi connectivity index (χ0n) is 17.3. The molecule has 0 aliphatic rings. The van der Waals surface area contributed by atoms with Gasteiger partial charge < -0.3 is 10.1 Å². The Morgan fingerprint density at radius 2 is 1.71 bits per heavy atom. The fraction of sp³-hybridized carbons (Fsp3) is 0.304. The molecule has 0 fully saturated rings. The Morgan fingerprint density at radius 1 is 1.04 bits per heavy atom. The Kier molecular flexibility index (Phi) is 5.27. The van der Waals surface area contributed by atoms with Crippen molar-refractivity contribution in [3.8, 4) is 11.4 Å². The summed E-state index contributed by atoms with van der Waals surface area (Å²) in [6, 6.07) is 15.3. The van der Waals surface area contributed by atoms with Crippen LogP contribution in [-0.2, 0) is 5.41 Å². The quantitative estimate of drug-likeness (QED) is 0.692. The maximum Gasteiger partial charge on any atom is 0.255 e. The van der Waals surface area contributed by atoms with Crippen molar-refractivity contribution in [2.24, 2.45) is 0 Å². The number of carbonyl (C=O) groups excluding carboxylic acids is 1. The van der Waals surface area contributed by atoms with Gasteiger partial charge in [0, 0.05) is 11.3 Å². The number of methoxy groups -OCH3 is 1. The molecule has 3 aromatic rings. The molecular weight excluding hydrogens is 350 g/mol. The van der Waals surface area contributed by atoms with Crippen molar-refractivity contribution >= 4 is 11.6 Å². The molecule has 1 aromatic heterocycles. The fourth-order valence-electron chi connectivity index (χ4n) is 3.11. The molecule has 0 aliphatic carbocycles. The second-order valence-electron chi connectivity index (χ2n) is 8.00. The van der Waals surface area contributed by atoms with Crippen LogP contribution in [0.5, 0.6) is 5.75 Å². The SMILES string of the molecule is COc1ccc(C(C)(C)C)cc1NC(=O)c1ccc(-n2nc(C)cc2C)cc1. The minimum atomic E-state index is -0.177. The highest BCUT2D eigenvalue weighted by Crippen LogP contribution is 2.31. The van der Waals surface area contributed by atoms with E-state index >= 15 is 0 Å². The van der Waals surface area contributed by atoms with Crippen LogP contribution >= 0.6 is 0 Å². The number of hydrogen-bond donors (Lipinski definition) is 1. The minimum Gasteiger partial charge on any atom is -0.495 e. The van der Waals surface area contributed by atoms with Crippen LogP contribution in [0.4, 0.5) is 5.69 Å². The predicted octanol–water partition coefficient (Wildman–Crippen LogP) is 5.05. The molecule has 5 nitrogen and oxygen atoms in total. The molecule has 1 N–H and O–H groups in total. The molecule has 28 heavy (non-hydrogen) atoms. The minimum absolute atomic E-state index is 0.0207. The molecule has 0 unspecified atom stereocenters. The number of amides is 1. The first-order chi connectivity index (χ1) is 13.2. The second kappa shape index (κ2) is 7.50. The highest BCUT2D eigenvalue weighted by molar-refractivity contribution is 6.05. The van der Waals surface area contributed by atoms with Crippen molar-refractivity contribution in [3.63, 3.8) is 0 Å². The number of rotatable bonds is 4. The van der Waals surface area contributed by atoms with Crippen LogP contribution < -0.4 is 10.1 Å². The van der Waals surface area contributed by atoms with Gasteiger partial charge in [-0.1, -0.05) is 26.8 Å². The lowest BCUT2D eigenvalue weighted by Gasteiger charge is -2.21. The summed E-state index contributed by atoms with van der Waals surface area (Å²) < 4.78 is 7.28. The number of aromatic nitrogens is 2. The number of hydrogen-bond acceptors (Lipinski definition) is 3. The van der Waals surface area contributed by atoms with Crippen molar-refractivity contribution in [1.82, 2.24) is 9.78 Å². The smallest absolute Gasteiger partial charge is 0.255 e. The Hall–Kier alpha value is -3.08. The third-order valence-electron chi connectivity index (χ3n) is 4.70. The molecule has 1 amide bonds. The molecule has 0 bridgehead atoms. The average molecular weight is 377 g/mol. The number of aryl methyl sites for hydroxylation is 2. The third kappa shape index (κ3) is 4.09. The number of carbonyl (C=O) groups is 1. The largest absolute Gasteiger partial charge is 0.495 e. The molecule has 146 valence electrons. The van der Waals surface area contributed by atoms with Crippen LogP contribution in [0.2, 0.25) is 0 Å². The molecule has 0 saturated carbocycles. The second-order valence-corrected chi connectivity index (χ2v) is 8.00. The first-order valence-electron chi connectivity index (χ1n) is 9.32. The van der Waals surface area contributed by atoms with Gasteiger partial charge in [0.15, 0.2) is 0 Å². The van der Waals surface area contributed by atoms with Gasteiger partial charge in [-0.2, -0.15) is 5.10 Å². The molecular formula is C23H27N3O2. The van der Waals surface area contributed by atoms with Gasteiger partial charge >= 0.3 is 0 Å². The molecule has 0 radical (unpaired) electrons. The zero-order valence-corrected chi connectivity index (χ0v) is 17.3. The summed E-state index contributed by atoms with van der Waals surface area (Å²) >= 11 is 0. The van der Waals surface area contributed by atoms with E-state index in [1.54, 1.807) is 19.2 Å². The maximum atomic E-state index is 12.8. The number of benzene rings is 2. The van der Waals surface area contributed by atoms with Gasteiger partial charge in [0.25, 0.3) is 5.91 Å². The fourth-order valence-corrected chi connectivity index (χ4v) is 3.11. The van der Waals surface area contributed by atoms with Crippen LogP contribution in [0.1, 0.15) is 48.1 Å². The van der Waals surface area contributed by atoms with E-state index in [2.05, 4.69) is 31.2 Å². The third-order valence-corrected chi connectivity index (χ3v) is 4.70. The summed E-state index contributed by atoms with van der Waals surface area (Å²) in [6.45, 7) is 10.4. The van der Waals surface area contributed by atoms with Gasteiger partial charge in [0.1, 0.15) is 5.75 Å². The van der Waals surface area contributed by atoms with Crippen LogP contribution in [-0.4, -0.2) is 22.8 Å². The predicted molar refractivity (Wildman–Crippen MR) is 113 cm³/mol. The van der Waals surface area contributed by atoms with E-state index < -0.39 is 0 Å². The number of anilines is 1. The van der Waals surface area contributed by atoms with Gasteiger partial charge in [-0.05, 0) is 67.3 Å². The first-order valence-corrected chi connectivity index (χ1v) is 9.32. The summed E-state index contributed by atoms with van der Waals surface area (Å²) in [4.78, 5) is 12.8. The van der Waals surface area contributed by atoms with Crippen LogP contribution in [0.25, 0.3) is 5.69 Å². The number of nitrogens with one attached hydrogen (secondary N) is 1. The lowest BCUT2D eigenvalue weighted by Crippen LogP contribution is -2.15. The van der Waals surface area contributed by atoms with Crippen LogP contribution in [0.15, 0.2) is 48.5 Å². The van der Waals surface area contributed by atoms with Crippen LogP contribution in [0, 0.1) is 13.8 Å². The molecule has 1 heterocycles. The van der Waals surface area contributed by atoms with Crippen molar-refractivity contribution in [3.05, 3.63) is 71.0 Å². The van der Waals surface area contributed by atoms with E-state index in [1.807, 2.05) is 54.9 Å². The topological polar surface area (TPSA) is 56.1 Å². The maximum absolute atomic E-state index is 12.8. The summed E-state index contributed by atoms with van der Waals surface area (Å²) in [6.07, 6.45) is 0. The van der Waals surface area contributed by atoms with Crippen molar-refractivity contribution in [1.29, 1.82) is 0 Å². The van der Waals surface area contributed by atoms with Crippen molar-refractivity contribution in [2.45, 2.75) is 40.0 Å². The van der Waals surface area contributed by atoms with E-state index in [-0.39, 0.29) is 11.3 Å². The molecule has 0 aliphatic heterocycles. The molecule has 3 rings (SSSR count). The Labute approximate surface area is 166 Å². The van der Waals surface area contributed by atoms with Gasteiger partial charge in [-0.15, -0.1) is 0 Å². The highest BCUT2D eigenvalue weighted by atomic mass is 16.5. The first kappa shape index (κ1) is 19.7. The average Bonchev–Trinajstić information content (AvgIpc) is 2.99. The molecule has 5 heteroatoms. The molecule has 2 aromatic carbocycles. The standard InChI is InChI=1S/C23H27N3O2/c1-15-13-16(2)26(25-15)19-10-7-17(8-11-19)22(27)24-20-14-18(23(3,4)5)9-12-21(20)28-6/h7-14H,1-6H3,(H,24,27). The highest BCUT2D eigenvalue weighted by Gasteiger charge is 2.17. The summed E-state index contributed by atoms with van der Waals surface area (Å²) in [5.41, 5.74) is 5.30. The van der Waals surface area contributed by atoms with E-state index in [9.17, 15) is 4.79 Å². The van der Waals surface area contributed by atoms with E-state index in [1.165, 1.54) is 0 Å². The van der Waals surface area contributed by atoms with Crippen molar-refractivity contribution < 1.29 is 9.53 Å². The zero-order chi connectivity index (χ0) is 20.5. The summed E-state index contributed by atoms with van der Waals surface area (Å²) in [5.74, 6) is 0.463. The number of ether oxygens (including phenoxy) is 1. The molecule has 0 spiro atoms. The summed E-state index contributed by atoms with van der Waals surface area (Å²) in [7, 11) is 1.60. The Bertz CT molecular complexity index is 996. The van der Waals surface area contributed by atoms with Crippen molar-refractivity contribution in [2.75, 3.05) is 12.4 Å². The normalized spacial score (nSPS) is 11.4. The van der Waals surface area contributed by atoms with Gasteiger partial charge in [0.2, 0.25) is 0 Å². The Morgan fingerprint density at radius 3 is 2.25 bits per heavy atom. The van der Waals surface area contributed by atoms with E-state index in [4.69, 9.17) is 4.74 Å².